The van der Waals surface area contributed by atoms with Crippen molar-refractivity contribution in [3.05, 3.63) is 206 Å². The lowest BCUT2D eigenvalue weighted by Gasteiger charge is -2.28. The Hall–Kier alpha value is -6.64. The van der Waals surface area contributed by atoms with Crippen molar-refractivity contribution in [2.45, 2.75) is 0 Å². The zero-order valence-corrected chi connectivity index (χ0v) is 27.5. The van der Waals surface area contributed by atoms with Gasteiger partial charge in [0.15, 0.2) is 0 Å². The average Bonchev–Trinajstić information content (AvgIpc) is 3.54. The first-order chi connectivity index (χ1) is 24.8. The van der Waals surface area contributed by atoms with Crippen LogP contribution in [0.4, 0.5) is 17.1 Å². The molecule has 9 aromatic rings. The molecule has 1 aromatic heterocycles. The van der Waals surface area contributed by atoms with E-state index in [1.165, 1.54) is 55.2 Å². The van der Waals surface area contributed by atoms with Gasteiger partial charge in [0.1, 0.15) is 0 Å². The van der Waals surface area contributed by atoms with E-state index in [2.05, 4.69) is 216 Å². The van der Waals surface area contributed by atoms with Gasteiger partial charge in [-0.05, 0) is 82.4 Å². The summed E-state index contributed by atoms with van der Waals surface area (Å²) in [4.78, 5) is 2.36. The lowest BCUT2D eigenvalue weighted by molar-refractivity contribution is 1.18. The molecule has 0 saturated heterocycles. The first-order valence-corrected chi connectivity index (χ1v) is 17.1. The highest BCUT2D eigenvalue weighted by Crippen LogP contribution is 2.42. The maximum atomic E-state index is 2.38. The number of rotatable bonds is 7. The molecule has 50 heavy (non-hydrogen) atoms. The highest BCUT2D eigenvalue weighted by molar-refractivity contribution is 6.09. The Kier molecular flexibility index (Phi) is 7.53. The van der Waals surface area contributed by atoms with Gasteiger partial charge in [0.2, 0.25) is 0 Å². The Labute approximate surface area is 292 Å². The normalized spacial score (nSPS) is 11.2. The fourth-order valence-electron chi connectivity index (χ4n) is 7.22. The minimum atomic E-state index is 1.10. The Morgan fingerprint density at radius 3 is 1.50 bits per heavy atom. The number of aromatic nitrogens is 1. The lowest BCUT2D eigenvalue weighted by atomic mass is 9.98. The molecule has 0 saturated carbocycles. The van der Waals surface area contributed by atoms with Crippen LogP contribution in [0.15, 0.2) is 206 Å². The van der Waals surface area contributed by atoms with Gasteiger partial charge >= 0.3 is 0 Å². The smallest absolute Gasteiger partial charge is 0.0541 e. The molecule has 236 valence electrons. The Morgan fingerprint density at radius 2 is 0.800 bits per heavy atom. The maximum absolute atomic E-state index is 2.38. The Balaban J connectivity index is 1.10. The zero-order valence-electron chi connectivity index (χ0n) is 27.5. The molecule has 0 radical (unpaired) electrons. The summed E-state index contributed by atoms with van der Waals surface area (Å²) in [6.45, 7) is 0. The summed E-state index contributed by atoms with van der Waals surface area (Å²) in [6, 6.07) is 74.0. The number of nitrogens with zero attached hydrogens (tertiary/aromatic N) is 2. The van der Waals surface area contributed by atoms with E-state index in [4.69, 9.17) is 0 Å². The van der Waals surface area contributed by atoms with E-state index in [1.807, 2.05) is 0 Å². The number of benzene rings is 8. The van der Waals surface area contributed by atoms with Gasteiger partial charge in [-0.25, -0.2) is 0 Å². The monoisotopic (exact) mass is 638 g/mol. The van der Waals surface area contributed by atoms with E-state index < -0.39 is 0 Å². The molecule has 0 aliphatic rings. The molecule has 2 heteroatoms. The van der Waals surface area contributed by atoms with E-state index in [-0.39, 0.29) is 0 Å². The summed E-state index contributed by atoms with van der Waals surface area (Å²) in [5.74, 6) is 0. The molecule has 0 fully saturated rings. The predicted octanol–water partition coefficient (Wildman–Crippen LogP) is 13.3. The molecule has 1 heterocycles. The first kappa shape index (κ1) is 29.5. The minimum absolute atomic E-state index is 1.10. The summed E-state index contributed by atoms with van der Waals surface area (Å²) in [5, 5.41) is 2.54. The molecule has 0 aliphatic carbocycles. The number of para-hydroxylation sites is 4. The molecule has 0 N–H and O–H groups in total. The van der Waals surface area contributed by atoms with E-state index in [1.54, 1.807) is 0 Å². The van der Waals surface area contributed by atoms with Crippen LogP contribution in [0.25, 0.3) is 60.9 Å². The quantitative estimate of drug-likeness (QED) is 0.169. The molecule has 0 amide bonds. The summed E-state index contributed by atoms with van der Waals surface area (Å²) >= 11 is 0. The average molecular weight is 639 g/mol. The molecule has 0 aliphatic heterocycles. The third-order valence-electron chi connectivity index (χ3n) is 9.61. The fraction of sp³-hybridized carbons (Fsp3) is 0. The van der Waals surface area contributed by atoms with Crippen molar-refractivity contribution in [3.8, 4) is 39.1 Å². The van der Waals surface area contributed by atoms with Crippen LogP contribution in [0, 0.1) is 0 Å². The van der Waals surface area contributed by atoms with Crippen molar-refractivity contribution in [1.29, 1.82) is 0 Å². The Bertz CT molecular complexity index is 2510. The van der Waals surface area contributed by atoms with Gasteiger partial charge in [0, 0.05) is 33.4 Å². The number of hydrogen-bond donors (Lipinski definition) is 0. The highest BCUT2D eigenvalue weighted by Gasteiger charge is 2.18. The van der Waals surface area contributed by atoms with Crippen molar-refractivity contribution in [2.24, 2.45) is 0 Å². The molecule has 0 unspecified atom stereocenters. The molecule has 0 bridgehead atoms. The van der Waals surface area contributed by atoms with Crippen molar-refractivity contribution in [1.82, 2.24) is 4.57 Å². The molecule has 2 nitrogen and oxygen atoms in total. The van der Waals surface area contributed by atoms with Crippen LogP contribution in [-0.2, 0) is 0 Å². The van der Waals surface area contributed by atoms with E-state index in [0.29, 0.717) is 0 Å². The molecular formula is C48H34N2. The van der Waals surface area contributed by atoms with E-state index in [0.717, 1.165) is 22.7 Å². The van der Waals surface area contributed by atoms with Crippen LogP contribution in [0.5, 0.6) is 0 Å². The molecule has 9 rings (SSSR count). The van der Waals surface area contributed by atoms with Crippen molar-refractivity contribution < 1.29 is 0 Å². The number of hydrogen-bond acceptors (Lipinski definition) is 1. The maximum Gasteiger partial charge on any atom is 0.0541 e. The number of anilines is 3. The highest BCUT2D eigenvalue weighted by atomic mass is 15.1. The van der Waals surface area contributed by atoms with Crippen LogP contribution >= 0.6 is 0 Å². The lowest BCUT2D eigenvalue weighted by Crippen LogP contribution is -2.11. The van der Waals surface area contributed by atoms with Crippen LogP contribution in [0.1, 0.15) is 0 Å². The van der Waals surface area contributed by atoms with Crippen molar-refractivity contribution >= 4 is 38.9 Å². The number of fused-ring (bicyclic) bond motifs is 3. The predicted molar refractivity (Wildman–Crippen MR) is 212 cm³/mol. The van der Waals surface area contributed by atoms with Crippen LogP contribution in [-0.4, -0.2) is 4.57 Å². The van der Waals surface area contributed by atoms with Crippen LogP contribution in [0.3, 0.4) is 0 Å². The van der Waals surface area contributed by atoms with E-state index in [9.17, 15) is 0 Å². The van der Waals surface area contributed by atoms with Gasteiger partial charge in [-0.3, -0.25) is 0 Å². The van der Waals surface area contributed by atoms with Gasteiger partial charge in [0.05, 0.1) is 16.7 Å². The van der Waals surface area contributed by atoms with Crippen molar-refractivity contribution in [3.63, 3.8) is 0 Å². The van der Waals surface area contributed by atoms with Crippen molar-refractivity contribution in [2.75, 3.05) is 4.90 Å². The third-order valence-corrected chi connectivity index (χ3v) is 9.61. The fourth-order valence-corrected chi connectivity index (χ4v) is 7.22. The molecule has 0 atom stereocenters. The molecule has 8 aromatic carbocycles. The SMILES string of the molecule is c1ccc(-c2ccc(-c3ccccc3N(c3ccccc3)c3ccc(-c4cccc(-n5c6ccccc6c6ccccc65)c4)cc3)cc2)cc1. The van der Waals surface area contributed by atoms with Crippen LogP contribution in [0.2, 0.25) is 0 Å². The van der Waals surface area contributed by atoms with Gasteiger partial charge in [0.25, 0.3) is 0 Å². The van der Waals surface area contributed by atoms with Gasteiger partial charge < -0.3 is 9.47 Å². The second kappa shape index (κ2) is 12.8. The zero-order chi connectivity index (χ0) is 33.3. The van der Waals surface area contributed by atoms with E-state index >= 15 is 0 Å². The van der Waals surface area contributed by atoms with Crippen LogP contribution < -0.4 is 4.90 Å². The van der Waals surface area contributed by atoms with Gasteiger partial charge in [-0.2, -0.15) is 0 Å². The summed E-state index contributed by atoms with van der Waals surface area (Å²) < 4.78 is 2.38. The first-order valence-electron chi connectivity index (χ1n) is 17.1. The molecular weight excluding hydrogens is 605 g/mol. The summed E-state index contributed by atoms with van der Waals surface area (Å²) in [5.41, 5.74) is 14.1. The Morgan fingerprint density at radius 1 is 0.320 bits per heavy atom. The van der Waals surface area contributed by atoms with Gasteiger partial charge in [-0.1, -0.05) is 152 Å². The second-order valence-electron chi connectivity index (χ2n) is 12.6. The third kappa shape index (κ3) is 5.34. The standard InChI is InChI=1S/C48H34N2/c1-3-14-35(15-4-1)36-26-28-38(29-27-36)43-20-7-10-23-46(43)49(40-17-5-2-6-18-40)41-32-30-37(31-33-41)39-16-13-19-42(34-39)50-47-24-11-8-21-44(47)45-22-9-12-25-48(45)50/h1-34H. The largest absolute Gasteiger partial charge is 0.310 e. The summed E-state index contributed by atoms with van der Waals surface area (Å²) in [7, 11) is 0. The molecule has 0 spiro atoms. The minimum Gasteiger partial charge on any atom is -0.310 e. The summed E-state index contributed by atoms with van der Waals surface area (Å²) in [6.07, 6.45) is 0. The topological polar surface area (TPSA) is 8.17 Å². The van der Waals surface area contributed by atoms with Gasteiger partial charge in [-0.15, -0.1) is 0 Å². The second-order valence-corrected chi connectivity index (χ2v) is 12.6.